The van der Waals surface area contributed by atoms with E-state index in [1.54, 1.807) is 36.3 Å². The van der Waals surface area contributed by atoms with Crippen molar-refractivity contribution >= 4 is 27.5 Å². The number of methoxy groups -OCH3 is 2. The lowest BCUT2D eigenvalue weighted by Crippen LogP contribution is -2.49. The highest BCUT2D eigenvalue weighted by Gasteiger charge is 2.29. The summed E-state index contributed by atoms with van der Waals surface area (Å²) < 4.78 is 37.1. The van der Waals surface area contributed by atoms with E-state index in [4.69, 9.17) is 9.47 Å². The summed E-state index contributed by atoms with van der Waals surface area (Å²) in [5.74, 6) is 0.678. The fourth-order valence-electron chi connectivity index (χ4n) is 4.21. The number of anilines is 1. The number of nitrogens with one attached hydrogen (secondary N) is 1. The third-order valence-corrected chi connectivity index (χ3v) is 7.39. The zero-order valence-electron chi connectivity index (χ0n) is 23.1. The van der Waals surface area contributed by atoms with Crippen LogP contribution in [0.15, 0.2) is 48.5 Å². The van der Waals surface area contributed by atoms with E-state index in [-0.39, 0.29) is 37.7 Å². The summed E-state index contributed by atoms with van der Waals surface area (Å²) in [5, 5.41) is 2.95. The molecular weight excluding hydrogens is 506 g/mol. The lowest BCUT2D eigenvalue weighted by molar-refractivity contribution is -0.141. The van der Waals surface area contributed by atoms with Crippen molar-refractivity contribution in [3.05, 3.63) is 54.1 Å². The van der Waals surface area contributed by atoms with Crippen LogP contribution in [-0.4, -0.2) is 64.7 Å². The van der Waals surface area contributed by atoms with Crippen LogP contribution in [0.4, 0.5) is 5.69 Å². The van der Waals surface area contributed by atoms with E-state index in [0.717, 1.165) is 24.7 Å². The summed E-state index contributed by atoms with van der Waals surface area (Å²) >= 11 is 0. The molecule has 0 aliphatic heterocycles. The summed E-state index contributed by atoms with van der Waals surface area (Å²) in [5.41, 5.74) is 1.25. The Morgan fingerprint density at radius 3 is 2.37 bits per heavy atom. The Bertz CT molecular complexity index is 1150. The number of hydrogen-bond donors (Lipinski definition) is 1. The number of amides is 2. The number of hydrogen-bond acceptors (Lipinski definition) is 6. The third-order valence-electron chi connectivity index (χ3n) is 6.21. The van der Waals surface area contributed by atoms with Gasteiger partial charge in [0, 0.05) is 26.1 Å². The Kier molecular flexibility index (Phi) is 12.4. The quantitative estimate of drug-likeness (QED) is 0.319. The van der Waals surface area contributed by atoms with Gasteiger partial charge in [0.2, 0.25) is 21.8 Å². The topological polar surface area (TPSA) is 105 Å². The molecule has 0 aromatic heterocycles. The molecule has 0 saturated carbocycles. The van der Waals surface area contributed by atoms with Crippen LogP contribution >= 0.6 is 0 Å². The zero-order chi connectivity index (χ0) is 28.1. The molecule has 2 amide bonds. The molecule has 0 aliphatic rings. The van der Waals surface area contributed by atoms with Gasteiger partial charge in [-0.05, 0) is 49.1 Å². The van der Waals surface area contributed by atoms with Crippen LogP contribution in [0.1, 0.15) is 51.5 Å². The summed E-state index contributed by atoms with van der Waals surface area (Å²) in [6.07, 6.45) is 3.73. The summed E-state index contributed by atoms with van der Waals surface area (Å²) in [7, 11) is -0.563. The fourth-order valence-corrected chi connectivity index (χ4v) is 5.18. The molecule has 1 unspecified atom stereocenters. The Labute approximate surface area is 227 Å². The Morgan fingerprint density at radius 1 is 1.00 bits per heavy atom. The maximum Gasteiger partial charge on any atom is 0.242 e. The number of carbonyl (C=O) groups is 2. The van der Waals surface area contributed by atoms with Crippen LogP contribution in [0, 0.1) is 0 Å². The number of nitrogens with zero attached hydrogens (tertiary/aromatic N) is 2. The van der Waals surface area contributed by atoms with Crippen molar-refractivity contribution in [1.82, 2.24) is 10.2 Å². The van der Waals surface area contributed by atoms with Gasteiger partial charge in [-0.25, -0.2) is 8.42 Å². The Morgan fingerprint density at radius 2 is 1.74 bits per heavy atom. The molecular formula is C28H41N3O6S. The third kappa shape index (κ3) is 8.93. The average Bonchev–Trinajstić information content (AvgIpc) is 2.90. The van der Waals surface area contributed by atoms with Gasteiger partial charge in [-0.15, -0.1) is 0 Å². The summed E-state index contributed by atoms with van der Waals surface area (Å²) in [4.78, 5) is 28.2. The van der Waals surface area contributed by atoms with E-state index < -0.39 is 16.1 Å². The molecule has 0 bridgehead atoms. The molecule has 10 heteroatoms. The Hall–Kier alpha value is -3.27. The van der Waals surface area contributed by atoms with Gasteiger partial charge in [-0.1, -0.05) is 44.5 Å². The number of para-hydroxylation sites is 2. The predicted molar refractivity (Wildman–Crippen MR) is 150 cm³/mol. The molecule has 0 fully saturated rings. The second-order valence-corrected chi connectivity index (χ2v) is 11.0. The molecule has 2 aromatic rings. The van der Waals surface area contributed by atoms with Gasteiger partial charge < -0.3 is 19.7 Å². The van der Waals surface area contributed by atoms with Crippen molar-refractivity contribution in [3.8, 4) is 11.5 Å². The molecule has 9 nitrogen and oxygen atoms in total. The molecule has 0 spiro atoms. The molecule has 2 aromatic carbocycles. The molecule has 0 saturated heterocycles. The van der Waals surface area contributed by atoms with Crippen molar-refractivity contribution < 1.29 is 27.5 Å². The van der Waals surface area contributed by atoms with Gasteiger partial charge in [-0.3, -0.25) is 13.9 Å². The number of rotatable bonds is 16. The summed E-state index contributed by atoms with van der Waals surface area (Å²) in [6, 6.07) is 13.6. The van der Waals surface area contributed by atoms with E-state index in [9.17, 15) is 18.0 Å². The predicted octanol–water partition coefficient (Wildman–Crippen LogP) is 3.97. The fraction of sp³-hybridized carbons (Fsp3) is 0.500. The van der Waals surface area contributed by atoms with Gasteiger partial charge >= 0.3 is 0 Å². The van der Waals surface area contributed by atoms with Crippen LogP contribution < -0.4 is 19.1 Å². The minimum Gasteiger partial charge on any atom is -0.497 e. The number of ether oxygens (including phenoxy) is 2. The molecule has 38 heavy (non-hydrogen) atoms. The molecule has 0 radical (unpaired) electrons. The molecule has 210 valence electrons. The van der Waals surface area contributed by atoms with E-state index in [1.165, 1.54) is 11.4 Å². The van der Waals surface area contributed by atoms with Gasteiger partial charge in [0.25, 0.3) is 0 Å². The van der Waals surface area contributed by atoms with Gasteiger partial charge in [0.1, 0.15) is 17.5 Å². The number of sulfonamides is 1. The standard InChI is InChI=1S/C28H41N3O6S/c1-6-8-18-29-28(33)24(7-2)30(21-22-13-11-14-23(20-22)36-3)27(32)17-12-19-31(38(5,34)35)25-15-9-10-16-26(25)37-4/h9-11,13-16,20,24H,6-8,12,17-19,21H2,1-5H3,(H,29,33). The monoisotopic (exact) mass is 547 g/mol. The average molecular weight is 548 g/mol. The van der Waals surface area contributed by atoms with Gasteiger partial charge in [-0.2, -0.15) is 0 Å². The van der Waals surface area contributed by atoms with Crippen molar-refractivity contribution in [3.63, 3.8) is 0 Å². The zero-order valence-corrected chi connectivity index (χ0v) is 23.9. The lowest BCUT2D eigenvalue weighted by atomic mass is 10.1. The minimum absolute atomic E-state index is 0.0733. The van der Waals surface area contributed by atoms with Crippen molar-refractivity contribution in [2.75, 3.05) is 37.9 Å². The van der Waals surface area contributed by atoms with E-state index in [2.05, 4.69) is 5.32 Å². The van der Waals surface area contributed by atoms with Crippen molar-refractivity contribution in [2.45, 2.75) is 58.5 Å². The minimum atomic E-state index is -3.62. The molecule has 2 rings (SSSR count). The van der Waals surface area contributed by atoms with Crippen LogP contribution in [0.3, 0.4) is 0 Å². The van der Waals surface area contributed by atoms with E-state index >= 15 is 0 Å². The largest absolute Gasteiger partial charge is 0.497 e. The second-order valence-electron chi connectivity index (χ2n) is 9.05. The number of unbranched alkanes of at least 4 members (excludes halogenated alkanes) is 1. The number of benzene rings is 2. The molecule has 0 heterocycles. The SMILES string of the molecule is CCCCNC(=O)C(CC)N(Cc1cccc(OC)c1)C(=O)CCCN(c1ccccc1OC)S(C)(=O)=O. The van der Waals surface area contributed by atoms with E-state index in [0.29, 0.717) is 30.2 Å². The Balaban J connectivity index is 2.24. The van der Waals surface area contributed by atoms with E-state index in [1.807, 2.05) is 38.1 Å². The molecule has 1 N–H and O–H groups in total. The van der Waals surface area contributed by atoms with Crippen LogP contribution in [0.25, 0.3) is 0 Å². The van der Waals surface area contributed by atoms with Crippen LogP contribution in [0.5, 0.6) is 11.5 Å². The first-order valence-corrected chi connectivity index (χ1v) is 14.8. The first-order chi connectivity index (χ1) is 18.2. The van der Waals surface area contributed by atoms with Gasteiger partial charge in [0.15, 0.2) is 0 Å². The highest BCUT2D eigenvalue weighted by molar-refractivity contribution is 7.92. The van der Waals surface area contributed by atoms with Crippen LogP contribution in [0.2, 0.25) is 0 Å². The maximum absolute atomic E-state index is 13.5. The normalized spacial score (nSPS) is 11.9. The van der Waals surface area contributed by atoms with Crippen molar-refractivity contribution in [1.29, 1.82) is 0 Å². The number of carbonyl (C=O) groups excluding carboxylic acids is 2. The van der Waals surface area contributed by atoms with Gasteiger partial charge in [0.05, 0.1) is 26.2 Å². The molecule has 0 aliphatic carbocycles. The van der Waals surface area contributed by atoms with Crippen LogP contribution in [-0.2, 0) is 26.2 Å². The first-order valence-electron chi connectivity index (χ1n) is 13.0. The first kappa shape index (κ1) is 31.0. The molecule has 1 atom stereocenters. The highest BCUT2D eigenvalue weighted by Crippen LogP contribution is 2.30. The second kappa shape index (κ2) is 15.2. The lowest BCUT2D eigenvalue weighted by Gasteiger charge is -2.31. The van der Waals surface area contributed by atoms with Crippen molar-refractivity contribution in [2.24, 2.45) is 0 Å². The summed E-state index contributed by atoms with van der Waals surface area (Å²) in [6.45, 7) is 4.81. The smallest absolute Gasteiger partial charge is 0.242 e. The highest BCUT2D eigenvalue weighted by atomic mass is 32.2. The maximum atomic E-state index is 13.5.